The van der Waals surface area contributed by atoms with Crippen LogP contribution >= 0.6 is 0 Å². The van der Waals surface area contributed by atoms with E-state index >= 15 is 0 Å². The number of hydrogen-bond donors (Lipinski definition) is 1. The third kappa shape index (κ3) is 5.03. The first-order valence-electron chi connectivity index (χ1n) is 8.00. The second-order valence-electron chi connectivity index (χ2n) is 6.16. The number of hydrogen-bond acceptors (Lipinski definition) is 1. The van der Waals surface area contributed by atoms with Crippen molar-refractivity contribution < 1.29 is 4.79 Å². The van der Waals surface area contributed by atoms with Crippen molar-refractivity contribution in [1.82, 2.24) is 0 Å². The third-order valence-corrected chi connectivity index (χ3v) is 3.85. The Hall–Kier alpha value is -2.09. The van der Waals surface area contributed by atoms with Crippen LogP contribution in [0.3, 0.4) is 0 Å². The predicted molar refractivity (Wildman–Crippen MR) is 93.3 cm³/mol. The van der Waals surface area contributed by atoms with Crippen LogP contribution in [-0.2, 0) is 11.2 Å². The molecule has 0 fully saturated rings. The van der Waals surface area contributed by atoms with Crippen LogP contribution in [0.5, 0.6) is 0 Å². The summed E-state index contributed by atoms with van der Waals surface area (Å²) in [6.07, 6.45) is 2.37. The monoisotopic (exact) mass is 295 g/mol. The maximum atomic E-state index is 12.0. The molecule has 0 aliphatic carbocycles. The zero-order chi connectivity index (χ0) is 15.9. The molecule has 116 valence electrons. The van der Waals surface area contributed by atoms with Crippen molar-refractivity contribution in [3.8, 4) is 0 Å². The molecule has 0 unspecified atom stereocenters. The molecule has 2 aromatic carbocycles. The Kier molecular flexibility index (Phi) is 5.76. The Morgan fingerprint density at radius 3 is 2.23 bits per heavy atom. The van der Waals surface area contributed by atoms with Gasteiger partial charge in [-0.15, -0.1) is 0 Å². The molecule has 0 saturated heterocycles. The van der Waals surface area contributed by atoms with Gasteiger partial charge >= 0.3 is 0 Å². The highest BCUT2D eigenvalue weighted by Gasteiger charge is 2.04. The molecular weight excluding hydrogens is 270 g/mol. The molecule has 2 aromatic rings. The van der Waals surface area contributed by atoms with Crippen molar-refractivity contribution in [2.24, 2.45) is 0 Å². The van der Waals surface area contributed by atoms with E-state index in [0.29, 0.717) is 12.3 Å². The fourth-order valence-electron chi connectivity index (χ4n) is 2.38. The van der Waals surface area contributed by atoms with Crippen LogP contribution in [0.1, 0.15) is 49.3 Å². The van der Waals surface area contributed by atoms with Crippen molar-refractivity contribution >= 4 is 11.6 Å². The van der Waals surface area contributed by atoms with Gasteiger partial charge in [-0.2, -0.15) is 0 Å². The third-order valence-electron chi connectivity index (χ3n) is 3.85. The summed E-state index contributed by atoms with van der Waals surface area (Å²) in [4.78, 5) is 12.0. The lowest BCUT2D eigenvalue weighted by Crippen LogP contribution is -2.11. The molecule has 22 heavy (non-hydrogen) atoms. The summed E-state index contributed by atoms with van der Waals surface area (Å²) in [6.45, 7) is 6.42. The molecular formula is C20H25NO. The molecule has 0 bridgehead atoms. The van der Waals surface area contributed by atoms with E-state index in [1.807, 2.05) is 12.1 Å². The Morgan fingerprint density at radius 2 is 1.64 bits per heavy atom. The second-order valence-corrected chi connectivity index (χ2v) is 6.16. The van der Waals surface area contributed by atoms with Crippen LogP contribution in [0.2, 0.25) is 0 Å². The second kappa shape index (κ2) is 7.79. The molecule has 2 rings (SSSR count). The molecule has 2 nitrogen and oxygen atoms in total. The Balaban J connectivity index is 1.76. The summed E-state index contributed by atoms with van der Waals surface area (Å²) in [6, 6.07) is 16.6. The van der Waals surface area contributed by atoms with Gasteiger partial charge in [0.1, 0.15) is 0 Å². The van der Waals surface area contributed by atoms with E-state index in [1.165, 1.54) is 16.7 Å². The number of benzene rings is 2. The van der Waals surface area contributed by atoms with Crippen molar-refractivity contribution in [2.45, 2.75) is 46.0 Å². The lowest BCUT2D eigenvalue weighted by Gasteiger charge is -2.08. The van der Waals surface area contributed by atoms with E-state index in [1.54, 1.807) is 0 Å². The first-order chi connectivity index (χ1) is 10.5. The maximum Gasteiger partial charge on any atom is 0.224 e. The summed E-state index contributed by atoms with van der Waals surface area (Å²) >= 11 is 0. The van der Waals surface area contributed by atoms with E-state index in [-0.39, 0.29) is 5.91 Å². The topological polar surface area (TPSA) is 29.1 Å². The van der Waals surface area contributed by atoms with Gasteiger partial charge in [0.05, 0.1) is 0 Å². The number of nitrogens with one attached hydrogen (secondary N) is 1. The highest BCUT2D eigenvalue weighted by atomic mass is 16.1. The van der Waals surface area contributed by atoms with Gasteiger partial charge in [0.2, 0.25) is 5.91 Å². The predicted octanol–water partition coefficient (Wildman–Crippen LogP) is 5.08. The van der Waals surface area contributed by atoms with E-state index in [0.717, 1.165) is 18.5 Å². The van der Waals surface area contributed by atoms with Crippen LogP contribution in [-0.4, -0.2) is 5.91 Å². The zero-order valence-electron chi connectivity index (χ0n) is 13.7. The van der Waals surface area contributed by atoms with Gasteiger partial charge in [-0.25, -0.2) is 0 Å². The van der Waals surface area contributed by atoms with Crippen LogP contribution in [0.4, 0.5) is 5.69 Å². The van der Waals surface area contributed by atoms with Crippen molar-refractivity contribution in [3.05, 3.63) is 65.2 Å². The summed E-state index contributed by atoms with van der Waals surface area (Å²) in [7, 11) is 0. The molecule has 0 aliphatic heterocycles. The fourth-order valence-corrected chi connectivity index (χ4v) is 2.38. The van der Waals surface area contributed by atoms with Gasteiger partial charge < -0.3 is 5.32 Å². The summed E-state index contributed by atoms with van der Waals surface area (Å²) in [5.74, 6) is 0.601. The van der Waals surface area contributed by atoms with Crippen LogP contribution in [0.25, 0.3) is 0 Å². The fraction of sp³-hybridized carbons (Fsp3) is 0.350. The van der Waals surface area contributed by atoms with E-state index in [9.17, 15) is 4.79 Å². The minimum absolute atomic E-state index is 0.0874. The van der Waals surface area contributed by atoms with E-state index < -0.39 is 0 Å². The summed E-state index contributed by atoms with van der Waals surface area (Å²) < 4.78 is 0. The van der Waals surface area contributed by atoms with Gasteiger partial charge in [0.25, 0.3) is 0 Å². The van der Waals surface area contributed by atoms with E-state index in [2.05, 4.69) is 62.5 Å². The average Bonchev–Trinajstić information content (AvgIpc) is 2.50. The Labute approximate surface area is 133 Å². The quantitative estimate of drug-likeness (QED) is 0.791. The minimum atomic E-state index is 0.0874. The minimum Gasteiger partial charge on any atom is -0.326 e. The molecule has 1 amide bonds. The molecule has 0 heterocycles. The lowest BCUT2D eigenvalue weighted by atomic mass is 10.0. The van der Waals surface area contributed by atoms with Crippen molar-refractivity contribution in [3.63, 3.8) is 0 Å². The maximum absolute atomic E-state index is 12.0. The van der Waals surface area contributed by atoms with Gasteiger partial charge in [-0.05, 0) is 48.9 Å². The molecule has 0 spiro atoms. The van der Waals surface area contributed by atoms with Gasteiger partial charge in [-0.3, -0.25) is 4.79 Å². The first-order valence-corrected chi connectivity index (χ1v) is 8.00. The number of carbonyl (C=O) groups is 1. The number of amides is 1. The normalized spacial score (nSPS) is 10.7. The van der Waals surface area contributed by atoms with Crippen molar-refractivity contribution in [2.75, 3.05) is 5.32 Å². The van der Waals surface area contributed by atoms with Gasteiger partial charge in [0.15, 0.2) is 0 Å². The summed E-state index contributed by atoms with van der Waals surface area (Å²) in [5.41, 5.74) is 4.73. The molecule has 2 heteroatoms. The number of aryl methyl sites for hydroxylation is 2. The Morgan fingerprint density at radius 1 is 1.00 bits per heavy atom. The van der Waals surface area contributed by atoms with Gasteiger partial charge in [-0.1, -0.05) is 55.8 Å². The molecule has 0 atom stereocenters. The first kappa shape index (κ1) is 16.3. The van der Waals surface area contributed by atoms with Crippen LogP contribution in [0, 0.1) is 6.92 Å². The smallest absolute Gasteiger partial charge is 0.224 e. The van der Waals surface area contributed by atoms with Gasteiger partial charge in [0, 0.05) is 12.1 Å². The summed E-state index contributed by atoms with van der Waals surface area (Å²) in [5, 5.41) is 2.96. The highest BCUT2D eigenvalue weighted by Crippen LogP contribution is 2.17. The zero-order valence-corrected chi connectivity index (χ0v) is 13.7. The van der Waals surface area contributed by atoms with E-state index in [4.69, 9.17) is 0 Å². The van der Waals surface area contributed by atoms with Crippen molar-refractivity contribution in [1.29, 1.82) is 0 Å². The molecule has 0 aliphatic rings. The molecule has 0 radical (unpaired) electrons. The van der Waals surface area contributed by atoms with Crippen LogP contribution < -0.4 is 5.32 Å². The Bertz CT molecular complexity index is 597. The number of rotatable bonds is 6. The lowest BCUT2D eigenvalue weighted by molar-refractivity contribution is -0.116. The number of carbonyl (C=O) groups excluding carboxylic acids is 1. The SMILES string of the molecule is Cc1ccc(CCCC(=O)Nc2ccc(C(C)C)cc2)cc1. The molecule has 0 aromatic heterocycles. The molecule has 0 saturated carbocycles. The van der Waals surface area contributed by atoms with Crippen LogP contribution in [0.15, 0.2) is 48.5 Å². The molecule has 1 N–H and O–H groups in total. The largest absolute Gasteiger partial charge is 0.326 e. The number of anilines is 1. The average molecular weight is 295 g/mol. The highest BCUT2D eigenvalue weighted by molar-refractivity contribution is 5.90. The standard InChI is InChI=1S/C20H25NO/c1-15(2)18-11-13-19(14-12-18)21-20(22)6-4-5-17-9-7-16(3)8-10-17/h7-15H,4-6H2,1-3H3,(H,21,22).